The zero-order valence-corrected chi connectivity index (χ0v) is 17.1. The molecule has 1 saturated heterocycles. The number of para-hydroxylation sites is 1. The number of aliphatic carboxylic acids is 1. The van der Waals surface area contributed by atoms with Crippen molar-refractivity contribution in [3.63, 3.8) is 0 Å². The Morgan fingerprint density at radius 1 is 1.17 bits per heavy atom. The molecule has 2 aromatic carbocycles. The van der Waals surface area contributed by atoms with E-state index in [0.717, 1.165) is 4.90 Å². The molecule has 0 aliphatic carbocycles. The van der Waals surface area contributed by atoms with Crippen molar-refractivity contribution in [3.05, 3.63) is 75.8 Å². The van der Waals surface area contributed by atoms with E-state index in [-0.39, 0.29) is 18.1 Å². The zero-order chi connectivity index (χ0) is 21.5. The van der Waals surface area contributed by atoms with Crippen molar-refractivity contribution < 1.29 is 19.6 Å². The van der Waals surface area contributed by atoms with Gasteiger partial charge in [0.25, 0.3) is 11.6 Å². The van der Waals surface area contributed by atoms with E-state index >= 15 is 0 Å². The first-order chi connectivity index (χ1) is 14.5. The molecule has 0 radical (unpaired) electrons. The maximum atomic E-state index is 13.3. The number of thioether (sulfide) groups is 1. The molecule has 1 aliphatic heterocycles. The number of hydrogen-bond acceptors (Lipinski definition) is 5. The summed E-state index contributed by atoms with van der Waals surface area (Å²) in [5.74, 6) is -1.45. The third-order valence-corrected chi connectivity index (χ3v) is 5.99. The number of likely N-dealkylation sites (tertiary alicyclic amines) is 1. The monoisotopic (exact) mass is 426 g/mol. The Hall–Kier alpha value is -3.13. The van der Waals surface area contributed by atoms with Gasteiger partial charge in [0, 0.05) is 35.4 Å². The quantitative estimate of drug-likeness (QED) is 0.310. The molecule has 1 amide bonds. The maximum Gasteiger partial charge on any atom is 0.308 e. The molecule has 8 heteroatoms. The van der Waals surface area contributed by atoms with Gasteiger partial charge < -0.3 is 10.0 Å². The Morgan fingerprint density at radius 2 is 1.87 bits per heavy atom. The van der Waals surface area contributed by atoms with Gasteiger partial charge in [0.05, 0.1) is 16.4 Å². The van der Waals surface area contributed by atoms with Crippen LogP contribution in [0.2, 0.25) is 0 Å². The van der Waals surface area contributed by atoms with Crippen LogP contribution in [0, 0.1) is 16.0 Å². The van der Waals surface area contributed by atoms with Gasteiger partial charge in [0.15, 0.2) is 0 Å². The van der Waals surface area contributed by atoms with E-state index in [2.05, 4.69) is 0 Å². The van der Waals surface area contributed by atoms with Crippen LogP contribution < -0.4 is 0 Å². The van der Waals surface area contributed by atoms with Gasteiger partial charge in [-0.15, -0.1) is 11.8 Å². The van der Waals surface area contributed by atoms with E-state index in [0.29, 0.717) is 36.3 Å². The first-order valence-corrected chi connectivity index (χ1v) is 10.6. The summed E-state index contributed by atoms with van der Waals surface area (Å²) in [4.78, 5) is 38.1. The summed E-state index contributed by atoms with van der Waals surface area (Å²) >= 11 is 1.46. The van der Waals surface area contributed by atoms with Gasteiger partial charge >= 0.3 is 5.97 Å². The van der Waals surface area contributed by atoms with Crippen molar-refractivity contribution in [2.75, 3.05) is 18.8 Å². The van der Waals surface area contributed by atoms with E-state index < -0.39 is 16.8 Å². The number of hydrogen-bond donors (Lipinski definition) is 1. The molecule has 1 atom stereocenters. The van der Waals surface area contributed by atoms with Crippen LogP contribution in [0.15, 0.2) is 65.1 Å². The molecule has 0 bridgehead atoms. The van der Waals surface area contributed by atoms with Crippen molar-refractivity contribution in [3.8, 4) is 0 Å². The van der Waals surface area contributed by atoms with E-state index in [9.17, 15) is 24.8 Å². The van der Waals surface area contributed by atoms with Crippen LogP contribution in [0.5, 0.6) is 0 Å². The van der Waals surface area contributed by atoms with Crippen LogP contribution in [-0.4, -0.2) is 45.6 Å². The number of amides is 1. The Kier molecular flexibility index (Phi) is 7.24. The van der Waals surface area contributed by atoms with Crippen LogP contribution in [0.4, 0.5) is 5.69 Å². The Labute approximate surface area is 178 Å². The summed E-state index contributed by atoms with van der Waals surface area (Å²) < 4.78 is 0. The normalized spacial score (nSPS) is 16.9. The third kappa shape index (κ3) is 5.48. The lowest BCUT2D eigenvalue weighted by Gasteiger charge is -2.31. The van der Waals surface area contributed by atoms with Crippen LogP contribution in [0.25, 0.3) is 6.08 Å². The maximum absolute atomic E-state index is 13.3. The summed E-state index contributed by atoms with van der Waals surface area (Å²) in [6, 6.07) is 15.8. The zero-order valence-electron chi connectivity index (χ0n) is 16.3. The summed E-state index contributed by atoms with van der Waals surface area (Å²) in [6.07, 6.45) is 2.72. The molecule has 7 nitrogen and oxygen atoms in total. The fourth-order valence-corrected chi connectivity index (χ4v) is 4.25. The SMILES string of the molecule is O=C(O)C1CCCN(C(=O)C(=Cc2ccccc2[N+](=O)[O-])CSc2ccccc2)C1. The van der Waals surface area contributed by atoms with Crippen LogP contribution in [-0.2, 0) is 9.59 Å². The number of benzene rings is 2. The molecular formula is C22H22N2O5S. The molecule has 156 valence electrons. The molecule has 2 aromatic rings. The fourth-order valence-electron chi connectivity index (χ4n) is 3.37. The lowest BCUT2D eigenvalue weighted by atomic mass is 9.97. The Bertz CT molecular complexity index is 961. The average molecular weight is 426 g/mol. The van der Waals surface area contributed by atoms with Gasteiger partial charge in [-0.05, 0) is 37.1 Å². The largest absolute Gasteiger partial charge is 0.481 e. The fraction of sp³-hybridized carbons (Fsp3) is 0.273. The van der Waals surface area contributed by atoms with E-state index in [1.165, 1.54) is 17.8 Å². The average Bonchev–Trinajstić information content (AvgIpc) is 2.77. The number of rotatable bonds is 7. The van der Waals surface area contributed by atoms with E-state index in [1.807, 2.05) is 30.3 Å². The molecule has 0 spiro atoms. The van der Waals surface area contributed by atoms with Gasteiger partial charge in [0.2, 0.25) is 0 Å². The number of piperidine rings is 1. The van der Waals surface area contributed by atoms with Crippen molar-refractivity contribution in [2.45, 2.75) is 17.7 Å². The van der Waals surface area contributed by atoms with Crippen molar-refractivity contribution in [1.82, 2.24) is 4.90 Å². The van der Waals surface area contributed by atoms with E-state index in [4.69, 9.17) is 0 Å². The second-order valence-electron chi connectivity index (χ2n) is 7.02. The standard InChI is InChI=1S/C22H22N2O5S/c25-21(23-12-6-8-17(14-23)22(26)27)18(15-30-19-9-2-1-3-10-19)13-16-7-4-5-11-20(16)24(28)29/h1-5,7,9-11,13,17H,6,8,12,14-15H2,(H,26,27). The number of nitro groups is 1. The highest BCUT2D eigenvalue weighted by atomic mass is 32.2. The first-order valence-electron chi connectivity index (χ1n) is 9.59. The minimum absolute atomic E-state index is 0.0745. The van der Waals surface area contributed by atoms with Crippen LogP contribution in [0.3, 0.4) is 0 Å². The third-order valence-electron chi connectivity index (χ3n) is 4.93. The topological polar surface area (TPSA) is 101 Å². The summed E-state index contributed by atoms with van der Waals surface area (Å²) in [5, 5.41) is 20.7. The van der Waals surface area contributed by atoms with Crippen LogP contribution >= 0.6 is 11.8 Å². The van der Waals surface area contributed by atoms with Crippen molar-refractivity contribution in [2.24, 2.45) is 5.92 Å². The number of carboxylic acid groups (broad SMARTS) is 1. The smallest absolute Gasteiger partial charge is 0.308 e. The van der Waals surface area contributed by atoms with Gasteiger partial charge in [-0.1, -0.05) is 30.3 Å². The van der Waals surface area contributed by atoms with Gasteiger partial charge in [0.1, 0.15) is 0 Å². The molecule has 3 rings (SSSR count). The second kappa shape index (κ2) is 10.1. The predicted molar refractivity (Wildman–Crippen MR) is 115 cm³/mol. The predicted octanol–water partition coefficient (Wildman–Crippen LogP) is 4.09. The van der Waals surface area contributed by atoms with Gasteiger partial charge in [-0.2, -0.15) is 0 Å². The number of carbonyl (C=O) groups is 2. The van der Waals surface area contributed by atoms with Crippen molar-refractivity contribution >= 4 is 35.4 Å². The molecule has 1 N–H and O–H groups in total. The van der Waals surface area contributed by atoms with Crippen LogP contribution in [0.1, 0.15) is 18.4 Å². The summed E-state index contributed by atoms with van der Waals surface area (Å²) in [5.41, 5.74) is 0.685. The highest BCUT2D eigenvalue weighted by Gasteiger charge is 2.29. The first kappa shape index (κ1) is 21.6. The number of nitrogens with zero attached hydrogens (tertiary/aromatic N) is 2. The molecule has 1 heterocycles. The highest BCUT2D eigenvalue weighted by molar-refractivity contribution is 7.99. The Morgan fingerprint density at radius 3 is 2.57 bits per heavy atom. The Balaban J connectivity index is 1.90. The molecule has 0 aromatic heterocycles. The molecule has 1 fully saturated rings. The second-order valence-corrected chi connectivity index (χ2v) is 8.06. The minimum atomic E-state index is -0.907. The van der Waals surface area contributed by atoms with Gasteiger partial charge in [-0.3, -0.25) is 19.7 Å². The number of carbonyl (C=O) groups excluding carboxylic acids is 1. The molecule has 0 saturated carbocycles. The van der Waals surface area contributed by atoms with E-state index in [1.54, 1.807) is 29.2 Å². The molecule has 1 aliphatic rings. The summed E-state index contributed by atoms with van der Waals surface area (Å²) in [7, 11) is 0. The summed E-state index contributed by atoms with van der Waals surface area (Å²) in [6.45, 7) is 0.630. The number of nitro benzene ring substituents is 1. The lowest BCUT2D eigenvalue weighted by Crippen LogP contribution is -2.43. The molecule has 30 heavy (non-hydrogen) atoms. The molecular weight excluding hydrogens is 404 g/mol. The molecule has 1 unspecified atom stereocenters. The lowest BCUT2D eigenvalue weighted by molar-refractivity contribution is -0.385. The number of carboxylic acids is 1. The highest BCUT2D eigenvalue weighted by Crippen LogP contribution is 2.27. The van der Waals surface area contributed by atoms with Crippen molar-refractivity contribution in [1.29, 1.82) is 0 Å². The van der Waals surface area contributed by atoms with Gasteiger partial charge in [-0.25, -0.2) is 0 Å². The minimum Gasteiger partial charge on any atom is -0.481 e.